The van der Waals surface area contributed by atoms with E-state index < -0.39 is 12.0 Å². The number of amides is 2. The number of hydrogen-bond donors (Lipinski definition) is 3. The van der Waals surface area contributed by atoms with Crippen LogP contribution in [0.2, 0.25) is 0 Å². The predicted octanol–water partition coefficient (Wildman–Crippen LogP) is -0.110. The van der Waals surface area contributed by atoms with E-state index in [1.807, 2.05) is 31.2 Å². The van der Waals surface area contributed by atoms with Crippen LogP contribution in [0, 0.1) is 6.92 Å². The number of primary amides is 1. The van der Waals surface area contributed by atoms with E-state index in [9.17, 15) is 9.59 Å². The fourth-order valence-electron chi connectivity index (χ4n) is 1.54. The molecule has 98 valence electrons. The molecule has 0 heterocycles. The Morgan fingerprint density at radius 1 is 1.39 bits per heavy atom. The van der Waals surface area contributed by atoms with Crippen LogP contribution in [-0.4, -0.2) is 29.6 Å². The molecule has 0 saturated carbocycles. The topological polar surface area (TPSA) is 92.4 Å². The average Bonchev–Trinajstić information content (AvgIpc) is 2.34. The van der Waals surface area contributed by atoms with Crippen molar-refractivity contribution in [1.29, 1.82) is 0 Å². The van der Waals surface area contributed by atoms with Crippen LogP contribution in [0.4, 0.5) is 0 Å². The molecule has 0 radical (unpaired) electrons. The molecule has 5 nitrogen and oxygen atoms in total. The summed E-state index contributed by atoms with van der Waals surface area (Å²) >= 11 is 0. The van der Waals surface area contributed by atoms with Gasteiger partial charge in [0.15, 0.2) is 0 Å². The van der Waals surface area contributed by atoms with E-state index in [0.717, 1.165) is 11.1 Å². The molecule has 1 atom stereocenters. The molecule has 0 bridgehead atoms. The number of nitrogens with two attached hydrogens (primary N) is 1. The Balaban J connectivity index is 2.34. The Kier molecular flexibility index (Phi) is 5.32. The van der Waals surface area contributed by atoms with Crippen molar-refractivity contribution < 1.29 is 14.7 Å². The van der Waals surface area contributed by atoms with Gasteiger partial charge in [-0.3, -0.25) is 9.59 Å². The fourth-order valence-corrected chi connectivity index (χ4v) is 1.54. The maximum Gasteiger partial charge on any atom is 0.248 e. The van der Waals surface area contributed by atoms with Crippen LogP contribution in [0.1, 0.15) is 17.5 Å². The lowest BCUT2D eigenvalue weighted by molar-refractivity contribution is -0.127. The average molecular weight is 250 g/mol. The molecular formula is C13H18N2O3. The van der Waals surface area contributed by atoms with E-state index >= 15 is 0 Å². The van der Waals surface area contributed by atoms with Gasteiger partial charge in [0.1, 0.15) is 6.10 Å². The number of carbonyl (C=O) groups excluding carboxylic acids is 2. The van der Waals surface area contributed by atoms with Gasteiger partial charge in [0.05, 0.1) is 6.54 Å². The Morgan fingerprint density at radius 3 is 2.67 bits per heavy atom. The van der Waals surface area contributed by atoms with Crippen LogP contribution in [0.25, 0.3) is 0 Å². The molecule has 0 aromatic heterocycles. The molecule has 0 aliphatic rings. The van der Waals surface area contributed by atoms with E-state index in [1.54, 1.807) is 0 Å². The number of aliphatic hydroxyl groups excluding tert-OH is 1. The van der Waals surface area contributed by atoms with Gasteiger partial charge in [-0.05, 0) is 24.5 Å². The van der Waals surface area contributed by atoms with Crippen molar-refractivity contribution in [3.63, 3.8) is 0 Å². The van der Waals surface area contributed by atoms with Crippen molar-refractivity contribution in [3.05, 3.63) is 35.4 Å². The fraction of sp³-hybridized carbons (Fsp3) is 0.385. The molecule has 0 saturated heterocycles. The SMILES string of the molecule is Cc1ccccc1CCC(=O)NCC(O)C(N)=O. The number of aryl methyl sites for hydroxylation is 2. The van der Waals surface area contributed by atoms with Gasteiger partial charge < -0.3 is 16.2 Å². The highest BCUT2D eigenvalue weighted by molar-refractivity contribution is 5.81. The molecular weight excluding hydrogens is 232 g/mol. The van der Waals surface area contributed by atoms with Gasteiger partial charge in [-0.25, -0.2) is 0 Å². The zero-order chi connectivity index (χ0) is 13.5. The summed E-state index contributed by atoms with van der Waals surface area (Å²) in [6.45, 7) is 1.85. The highest BCUT2D eigenvalue weighted by atomic mass is 16.3. The third-order valence-corrected chi connectivity index (χ3v) is 2.70. The molecule has 1 aromatic carbocycles. The smallest absolute Gasteiger partial charge is 0.248 e. The summed E-state index contributed by atoms with van der Waals surface area (Å²) in [5, 5.41) is 11.6. The minimum Gasteiger partial charge on any atom is -0.381 e. The monoisotopic (exact) mass is 250 g/mol. The second kappa shape index (κ2) is 6.76. The first-order valence-corrected chi connectivity index (χ1v) is 5.79. The van der Waals surface area contributed by atoms with Crippen molar-refractivity contribution >= 4 is 11.8 Å². The number of benzene rings is 1. The molecule has 1 aromatic rings. The van der Waals surface area contributed by atoms with E-state index in [4.69, 9.17) is 10.8 Å². The van der Waals surface area contributed by atoms with Crippen LogP contribution < -0.4 is 11.1 Å². The third-order valence-electron chi connectivity index (χ3n) is 2.70. The zero-order valence-corrected chi connectivity index (χ0v) is 10.3. The summed E-state index contributed by atoms with van der Waals surface area (Å²) in [6, 6.07) is 7.84. The summed E-state index contributed by atoms with van der Waals surface area (Å²) in [5.41, 5.74) is 7.12. The molecule has 0 aliphatic carbocycles. The Hall–Kier alpha value is -1.88. The lowest BCUT2D eigenvalue weighted by Gasteiger charge is -2.09. The number of rotatable bonds is 6. The lowest BCUT2D eigenvalue weighted by Crippen LogP contribution is -2.40. The second-order valence-corrected chi connectivity index (χ2v) is 4.15. The third kappa shape index (κ3) is 4.55. The summed E-state index contributed by atoms with van der Waals surface area (Å²) in [7, 11) is 0. The van der Waals surface area contributed by atoms with Crippen molar-refractivity contribution in [3.8, 4) is 0 Å². The Morgan fingerprint density at radius 2 is 2.06 bits per heavy atom. The van der Waals surface area contributed by atoms with E-state index in [0.29, 0.717) is 12.8 Å². The van der Waals surface area contributed by atoms with Gasteiger partial charge in [0.2, 0.25) is 11.8 Å². The number of carbonyl (C=O) groups is 2. The minimum absolute atomic E-state index is 0.137. The van der Waals surface area contributed by atoms with Gasteiger partial charge in [0, 0.05) is 6.42 Å². The Bertz CT molecular complexity index is 432. The van der Waals surface area contributed by atoms with Crippen molar-refractivity contribution in [2.75, 3.05) is 6.54 Å². The minimum atomic E-state index is -1.33. The lowest BCUT2D eigenvalue weighted by atomic mass is 10.0. The zero-order valence-electron chi connectivity index (χ0n) is 10.3. The highest BCUT2D eigenvalue weighted by Gasteiger charge is 2.12. The van der Waals surface area contributed by atoms with Crippen LogP contribution >= 0.6 is 0 Å². The van der Waals surface area contributed by atoms with E-state index in [2.05, 4.69) is 5.32 Å². The van der Waals surface area contributed by atoms with E-state index in [-0.39, 0.29) is 12.5 Å². The maximum absolute atomic E-state index is 11.5. The van der Waals surface area contributed by atoms with Crippen LogP contribution in [0.5, 0.6) is 0 Å². The number of hydrogen-bond acceptors (Lipinski definition) is 3. The van der Waals surface area contributed by atoms with Crippen LogP contribution in [0.3, 0.4) is 0 Å². The molecule has 0 aliphatic heterocycles. The van der Waals surface area contributed by atoms with Crippen molar-refractivity contribution in [2.45, 2.75) is 25.9 Å². The molecule has 4 N–H and O–H groups in total. The summed E-state index contributed by atoms with van der Waals surface area (Å²) < 4.78 is 0. The molecule has 1 unspecified atom stereocenters. The van der Waals surface area contributed by atoms with Gasteiger partial charge in [-0.2, -0.15) is 0 Å². The first kappa shape index (κ1) is 14.2. The van der Waals surface area contributed by atoms with Gasteiger partial charge >= 0.3 is 0 Å². The molecule has 5 heteroatoms. The summed E-state index contributed by atoms with van der Waals surface area (Å²) in [4.78, 5) is 22.0. The Labute approximate surface area is 106 Å². The normalized spacial score (nSPS) is 11.9. The van der Waals surface area contributed by atoms with Crippen molar-refractivity contribution in [2.24, 2.45) is 5.73 Å². The standard InChI is InChI=1S/C13H18N2O3/c1-9-4-2-3-5-10(9)6-7-12(17)15-8-11(16)13(14)18/h2-5,11,16H,6-8H2,1H3,(H2,14,18)(H,15,17). The summed E-state index contributed by atoms with van der Waals surface area (Å²) in [5.74, 6) is -1.05. The van der Waals surface area contributed by atoms with Gasteiger partial charge in [-0.15, -0.1) is 0 Å². The molecule has 18 heavy (non-hydrogen) atoms. The van der Waals surface area contributed by atoms with Crippen LogP contribution in [0.15, 0.2) is 24.3 Å². The number of nitrogens with one attached hydrogen (secondary N) is 1. The van der Waals surface area contributed by atoms with Gasteiger partial charge in [0.25, 0.3) is 0 Å². The molecule has 2 amide bonds. The number of aliphatic hydroxyl groups is 1. The summed E-state index contributed by atoms with van der Waals surface area (Å²) in [6.07, 6.45) is -0.381. The molecule has 0 fully saturated rings. The van der Waals surface area contributed by atoms with Gasteiger partial charge in [-0.1, -0.05) is 24.3 Å². The highest BCUT2D eigenvalue weighted by Crippen LogP contribution is 2.09. The second-order valence-electron chi connectivity index (χ2n) is 4.15. The first-order valence-electron chi connectivity index (χ1n) is 5.79. The largest absolute Gasteiger partial charge is 0.381 e. The van der Waals surface area contributed by atoms with Crippen LogP contribution in [-0.2, 0) is 16.0 Å². The molecule has 1 rings (SSSR count). The maximum atomic E-state index is 11.5. The molecule has 0 spiro atoms. The van der Waals surface area contributed by atoms with E-state index in [1.165, 1.54) is 0 Å². The quantitative estimate of drug-likeness (QED) is 0.657. The first-order chi connectivity index (χ1) is 8.50. The van der Waals surface area contributed by atoms with Crippen molar-refractivity contribution in [1.82, 2.24) is 5.32 Å². The predicted molar refractivity (Wildman–Crippen MR) is 67.7 cm³/mol.